The summed E-state index contributed by atoms with van der Waals surface area (Å²) in [5.41, 5.74) is -0.168. The molecule has 0 aliphatic carbocycles. The number of hydrogen-bond acceptors (Lipinski definition) is 3. The zero-order valence-electron chi connectivity index (χ0n) is 9.65. The van der Waals surface area contributed by atoms with E-state index in [-0.39, 0.29) is 6.10 Å². The minimum Gasteiger partial charge on any atom is -0.497 e. The van der Waals surface area contributed by atoms with Gasteiger partial charge in [0.25, 0.3) is 0 Å². The van der Waals surface area contributed by atoms with Crippen LogP contribution in [0.4, 0.5) is 0 Å². The van der Waals surface area contributed by atoms with E-state index in [4.69, 9.17) is 9.47 Å². The first kappa shape index (κ1) is 12.0. The van der Waals surface area contributed by atoms with Crippen LogP contribution < -0.4 is 4.74 Å². The topological polar surface area (TPSA) is 38.7 Å². The van der Waals surface area contributed by atoms with Crippen molar-refractivity contribution < 1.29 is 14.6 Å². The zero-order valence-corrected chi connectivity index (χ0v) is 9.65. The number of ether oxygens (including phenoxy) is 2. The maximum absolute atomic E-state index is 10.3. The molecule has 0 aliphatic heterocycles. The minimum atomic E-state index is -0.985. The van der Waals surface area contributed by atoms with Gasteiger partial charge in [0.05, 0.1) is 13.2 Å². The van der Waals surface area contributed by atoms with Gasteiger partial charge in [-0.25, -0.2) is 0 Å². The van der Waals surface area contributed by atoms with Crippen LogP contribution in [0.15, 0.2) is 24.3 Å². The molecule has 1 rings (SSSR count). The first-order valence-corrected chi connectivity index (χ1v) is 4.92. The van der Waals surface area contributed by atoms with Gasteiger partial charge < -0.3 is 14.6 Å². The standard InChI is InChI=1S/C12H18O3/c1-9(14-3)12(2,13)10-5-7-11(15-4)8-6-10/h5-9,13H,1-4H3. The summed E-state index contributed by atoms with van der Waals surface area (Å²) in [7, 11) is 3.20. The van der Waals surface area contributed by atoms with Crippen molar-refractivity contribution in [1.29, 1.82) is 0 Å². The fourth-order valence-corrected chi connectivity index (χ4v) is 1.39. The Kier molecular flexibility index (Phi) is 3.72. The van der Waals surface area contributed by atoms with E-state index < -0.39 is 5.60 Å². The lowest BCUT2D eigenvalue weighted by molar-refractivity contribution is -0.0772. The van der Waals surface area contributed by atoms with Gasteiger partial charge in [0.1, 0.15) is 11.4 Å². The molecule has 0 aromatic heterocycles. The van der Waals surface area contributed by atoms with Crippen molar-refractivity contribution in [2.24, 2.45) is 0 Å². The fourth-order valence-electron chi connectivity index (χ4n) is 1.39. The normalized spacial score (nSPS) is 16.9. The third-order valence-corrected chi connectivity index (χ3v) is 2.82. The number of hydrogen-bond donors (Lipinski definition) is 1. The molecule has 0 fully saturated rings. The molecule has 0 radical (unpaired) electrons. The van der Waals surface area contributed by atoms with Crippen LogP contribution in [0.2, 0.25) is 0 Å². The number of methoxy groups -OCH3 is 2. The molecular formula is C12H18O3. The molecule has 15 heavy (non-hydrogen) atoms. The van der Waals surface area contributed by atoms with Crippen LogP contribution >= 0.6 is 0 Å². The Hall–Kier alpha value is -1.06. The Bertz CT molecular complexity index is 303. The molecule has 2 atom stereocenters. The Labute approximate surface area is 90.6 Å². The first-order valence-electron chi connectivity index (χ1n) is 4.92. The lowest BCUT2D eigenvalue weighted by Gasteiger charge is -2.29. The molecule has 84 valence electrons. The van der Waals surface area contributed by atoms with Gasteiger partial charge in [-0.1, -0.05) is 12.1 Å². The van der Waals surface area contributed by atoms with Crippen LogP contribution in [0, 0.1) is 0 Å². The van der Waals surface area contributed by atoms with Gasteiger partial charge >= 0.3 is 0 Å². The maximum Gasteiger partial charge on any atom is 0.118 e. The third kappa shape index (κ3) is 2.49. The lowest BCUT2D eigenvalue weighted by Crippen LogP contribution is -2.35. The van der Waals surface area contributed by atoms with E-state index in [1.54, 1.807) is 21.1 Å². The predicted octanol–water partition coefficient (Wildman–Crippen LogP) is 1.94. The van der Waals surface area contributed by atoms with Crippen molar-refractivity contribution in [3.63, 3.8) is 0 Å². The second kappa shape index (κ2) is 4.64. The average molecular weight is 210 g/mol. The van der Waals surface area contributed by atoms with Gasteiger partial charge in [-0.15, -0.1) is 0 Å². The van der Waals surface area contributed by atoms with Crippen molar-refractivity contribution in [3.05, 3.63) is 29.8 Å². The van der Waals surface area contributed by atoms with Crippen LogP contribution in [0.1, 0.15) is 19.4 Å². The molecule has 1 aromatic carbocycles. The van der Waals surface area contributed by atoms with E-state index in [9.17, 15) is 5.11 Å². The van der Waals surface area contributed by atoms with Gasteiger partial charge in [0, 0.05) is 7.11 Å². The van der Waals surface area contributed by atoms with Gasteiger partial charge in [-0.05, 0) is 31.5 Å². The second-order valence-corrected chi connectivity index (χ2v) is 3.75. The minimum absolute atomic E-state index is 0.258. The maximum atomic E-state index is 10.3. The smallest absolute Gasteiger partial charge is 0.118 e. The molecule has 0 saturated carbocycles. The molecule has 1 aromatic rings. The van der Waals surface area contributed by atoms with Crippen LogP contribution in [-0.2, 0) is 10.3 Å². The van der Waals surface area contributed by atoms with Gasteiger partial charge in [-0.3, -0.25) is 0 Å². The number of aliphatic hydroxyl groups is 1. The van der Waals surface area contributed by atoms with Crippen LogP contribution in [0.3, 0.4) is 0 Å². The largest absolute Gasteiger partial charge is 0.497 e. The molecular weight excluding hydrogens is 192 g/mol. The Morgan fingerprint density at radius 1 is 1.20 bits per heavy atom. The van der Waals surface area contributed by atoms with E-state index >= 15 is 0 Å². The van der Waals surface area contributed by atoms with Gasteiger partial charge in [-0.2, -0.15) is 0 Å². The summed E-state index contributed by atoms with van der Waals surface area (Å²) in [4.78, 5) is 0. The molecule has 0 heterocycles. The van der Waals surface area contributed by atoms with Crippen LogP contribution in [-0.4, -0.2) is 25.4 Å². The summed E-state index contributed by atoms with van der Waals surface area (Å²) in [6.45, 7) is 3.58. The highest BCUT2D eigenvalue weighted by atomic mass is 16.5. The summed E-state index contributed by atoms with van der Waals surface area (Å²) in [6, 6.07) is 7.33. The van der Waals surface area contributed by atoms with E-state index in [0.717, 1.165) is 11.3 Å². The van der Waals surface area contributed by atoms with Crippen molar-refractivity contribution >= 4 is 0 Å². The molecule has 2 unspecified atom stereocenters. The molecule has 0 bridgehead atoms. The Balaban J connectivity index is 2.94. The molecule has 0 saturated heterocycles. The number of rotatable bonds is 4. The number of benzene rings is 1. The van der Waals surface area contributed by atoms with E-state index in [0.29, 0.717) is 0 Å². The fraction of sp³-hybridized carbons (Fsp3) is 0.500. The summed E-state index contributed by atoms with van der Waals surface area (Å²) in [5.74, 6) is 0.777. The molecule has 1 N–H and O–H groups in total. The highest BCUT2D eigenvalue weighted by Gasteiger charge is 2.30. The summed E-state index contributed by atoms with van der Waals surface area (Å²) in [5, 5.41) is 10.3. The molecule has 0 spiro atoms. The third-order valence-electron chi connectivity index (χ3n) is 2.82. The summed E-state index contributed by atoms with van der Waals surface area (Å²) in [6.07, 6.45) is -0.258. The van der Waals surface area contributed by atoms with Crippen molar-refractivity contribution in [3.8, 4) is 5.75 Å². The van der Waals surface area contributed by atoms with Crippen molar-refractivity contribution in [2.45, 2.75) is 25.6 Å². The first-order chi connectivity index (χ1) is 7.02. The molecule has 0 amide bonds. The predicted molar refractivity (Wildman–Crippen MR) is 59.0 cm³/mol. The van der Waals surface area contributed by atoms with E-state index in [1.165, 1.54) is 0 Å². The highest BCUT2D eigenvalue weighted by molar-refractivity contribution is 5.31. The van der Waals surface area contributed by atoms with E-state index in [2.05, 4.69) is 0 Å². The molecule has 3 heteroatoms. The van der Waals surface area contributed by atoms with E-state index in [1.807, 2.05) is 31.2 Å². The summed E-state index contributed by atoms with van der Waals surface area (Å²) < 4.78 is 10.2. The highest BCUT2D eigenvalue weighted by Crippen LogP contribution is 2.27. The SMILES string of the molecule is COc1ccc(C(C)(O)C(C)OC)cc1. The quantitative estimate of drug-likeness (QED) is 0.825. The summed E-state index contributed by atoms with van der Waals surface area (Å²) >= 11 is 0. The monoisotopic (exact) mass is 210 g/mol. The van der Waals surface area contributed by atoms with Gasteiger partial charge in [0.2, 0.25) is 0 Å². The average Bonchev–Trinajstić information content (AvgIpc) is 2.28. The van der Waals surface area contributed by atoms with Crippen molar-refractivity contribution in [1.82, 2.24) is 0 Å². The second-order valence-electron chi connectivity index (χ2n) is 3.75. The van der Waals surface area contributed by atoms with Gasteiger partial charge in [0.15, 0.2) is 0 Å². The van der Waals surface area contributed by atoms with Crippen LogP contribution in [0.5, 0.6) is 5.75 Å². The Morgan fingerprint density at radius 2 is 1.73 bits per heavy atom. The van der Waals surface area contributed by atoms with Crippen molar-refractivity contribution in [2.75, 3.05) is 14.2 Å². The molecule has 3 nitrogen and oxygen atoms in total. The van der Waals surface area contributed by atoms with Crippen LogP contribution in [0.25, 0.3) is 0 Å². The zero-order chi connectivity index (χ0) is 11.5. The Morgan fingerprint density at radius 3 is 2.13 bits per heavy atom. The molecule has 0 aliphatic rings. The lowest BCUT2D eigenvalue weighted by atomic mass is 9.91.